The summed E-state index contributed by atoms with van der Waals surface area (Å²) in [4.78, 5) is 0.161. The lowest BCUT2D eigenvalue weighted by Crippen LogP contribution is -2.13. The van der Waals surface area contributed by atoms with Crippen molar-refractivity contribution in [1.29, 1.82) is 0 Å². The molecule has 3 rings (SSSR count). The minimum atomic E-state index is -3.72. The Morgan fingerprint density at radius 2 is 1.72 bits per heavy atom. The second kappa shape index (κ2) is 6.60. The molecule has 0 aliphatic heterocycles. The van der Waals surface area contributed by atoms with Gasteiger partial charge in [0.25, 0.3) is 10.0 Å². The highest BCUT2D eigenvalue weighted by molar-refractivity contribution is 7.92. The van der Waals surface area contributed by atoms with Gasteiger partial charge in [-0.3, -0.25) is 4.72 Å². The van der Waals surface area contributed by atoms with Crippen LogP contribution in [0.15, 0.2) is 57.9 Å². The molecular formula is C18H18N2O4S. The van der Waals surface area contributed by atoms with Crippen LogP contribution in [0.2, 0.25) is 0 Å². The molecule has 2 aromatic carbocycles. The Kier molecular flexibility index (Phi) is 4.50. The molecule has 0 saturated heterocycles. The van der Waals surface area contributed by atoms with Gasteiger partial charge in [-0.2, -0.15) is 0 Å². The quantitative estimate of drug-likeness (QED) is 0.751. The number of benzene rings is 2. The van der Waals surface area contributed by atoms with E-state index in [1.807, 2.05) is 13.8 Å². The molecule has 7 heteroatoms. The molecule has 130 valence electrons. The lowest BCUT2D eigenvalue weighted by molar-refractivity contribution is 0.393. The highest BCUT2D eigenvalue weighted by Gasteiger charge is 2.17. The van der Waals surface area contributed by atoms with Crippen LogP contribution < -0.4 is 9.46 Å². The number of nitrogens with one attached hydrogen (secondary N) is 1. The van der Waals surface area contributed by atoms with Crippen molar-refractivity contribution in [3.8, 4) is 16.9 Å². The number of anilines is 1. The average Bonchev–Trinajstić information content (AvgIpc) is 2.94. The minimum absolute atomic E-state index is 0.161. The van der Waals surface area contributed by atoms with E-state index >= 15 is 0 Å². The molecule has 6 nitrogen and oxygen atoms in total. The van der Waals surface area contributed by atoms with Crippen molar-refractivity contribution in [3.05, 3.63) is 60.0 Å². The molecule has 1 N–H and O–H groups in total. The molecule has 0 aliphatic carbocycles. The Morgan fingerprint density at radius 3 is 2.32 bits per heavy atom. The van der Waals surface area contributed by atoms with Gasteiger partial charge < -0.3 is 9.26 Å². The predicted octanol–water partition coefficient (Wildman–Crippen LogP) is 3.77. The van der Waals surface area contributed by atoms with E-state index in [0.29, 0.717) is 17.2 Å². The number of methoxy groups -OCH3 is 1. The number of aromatic nitrogens is 1. The monoisotopic (exact) mass is 358 g/mol. The molecule has 0 radical (unpaired) electrons. The number of hydrogen-bond donors (Lipinski definition) is 1. The van der Waals surface area contributed by atoms with Gasteiger partial charge in [-0.15, -0.1) is 0 Å². The fourth-order valence-corrected chi connectivity index (χ4v) is 3.70. The van der Waals surface area contributed by atoms with Crippen molar-refractivity contribution in [2.75, 3.05) is 11.8 Å². The number of sulfonamides is 1. The third-order valence-corrected chi connectivity index (χ3v) is 5.22. The van der Waals surface area contributed by atoms with Crippen LogP contribution in [-0.2, 0) is 10.0 Å². The summed E-state index contributed by atoms with van der Waals surface area (Å²) in [5.41, 5.74) is 2.88. The van der Waals surface area contributed by atoms with Gasteiger partial charge in [0, 0.05) is 5.56 Å². The number of nitrogens with zero attached hydrogens (tertiary/aromatic N) is 1. The lowest BCUT2D eigenvalue weighted by atomic mass is 10.0. The third kappa shape index (κ3) is 3.36. The Labute approximate surface area is 146 Å². The Balaban J connectivity index is 1.91. The molecule has 0 saturated carbocycles. The number of rotatable bonds is 5. The molecule has 0 atom stereocenters. The topological polar surface area (TPSA) is 81.4 Å². The van der Waals surface area contributed by atoms with Crippen LogP contribution in [0.4, 0.5) is 5.69 Å². The van der Waals surface area contributed by atoms with Crippen LogP contribution in [0.1, 0.15) is 11.5 Å². The molecule has 25 heavy (non-hydrogen) atoms. The Bertz CT molecular complexity index is 973. The first-order chi connectivity index (χ1) is 11.9. The van der Waals surface area contributed by atoms with Gasteiger partial charge in [0.1, 0.15) is 11.5 Å². The van der Waals surface area contributed by atoms with Crippen LogP contribution in [0.25, 0.3) is 11.1 Å². The van der Waals surface area contributed by atoms with E-state index in [1.54, 1.807) is 48.5 Å². The molecule has 0 aliphatic rings. The van der Waals surface area contributed by atoms with Crippen LogP contribution in [0.3, 0.4) is 0 Å². The van der Waals surface area contributed by atoms with E-state index in [4.69, 9.17) is 9.26 Å². The number of aryl methyl sites for hydroxylation is 2. The first-order valence-electron chi connectivity index (χ1n) is 7.61. The Morgan fingerprint density at radius 1 is 1.04 bits per heavy atom. The smallest absolute Gasteiger partial charge is 0.262 e. The summed E-state index contributed by atoms with van der Waals surface area (Å²) in [7, 11) is -2.23. The first kappa shape index (κ1) is 17.0. The maximum absolute atomic E-state index is 12.6. The zero-order valence-electron chi connectivity index (χ0n) is 14.1. The van der Waals surface area contributed by atoms with E-state index < -0.39 is 10.0 Å². The molecule has 1 heterocycles. The first-order valence-corrected chi connectivity index (χ1v) is 9.10. The Hall–Kier alpha value is -2.80. The molecule has 0 bridgehead atoms. The van der Waals surface area contributed by atoms with E-state index in [1.165, 1.54) is 7.11 Å². The third-order valence-electron chi connectivity index (χ3n) is 3.84. The second-order valence-electron chi connectivity index (χ2n) is 5.53. The molecule has 0 spiro atoms. The SMILES string of the molecule is COc1ccccc1NS(=O)(=O)c1ccc(-c2c(C)noc2C)cc1. The molecule has 0 amide bonds. The van der Waals surface area contributed by atoms with Gasteiger partial charge in [0.05, 0.1) is 23.4 Å². The summed E-state index contributed by atoms with van der Waals surface area (Å²) in [5.74, 6) is 1.15. The summed E-state index contributed by atoms with van der Waals surface area (Å²) in [6, 6.07) is 13.4. The van der Waals surface area contributed by atoms with E-state index in [0.717, 1.165) is 16.8 Å². The van der Waals surface area contributed by atoms with Gasteiger partial charge in [-0.05, 0) is 43.7 Å². The second-order valence-corrected chi connectivity index (χ2v) is 7.21. The number of para-hydroxylation sites is 2. The van der Waals surface area contributed by atoms with Crippen LogP contribution in [0, 0.1) is 13.8 Å². The highest BCUT2D eigenvalue weighted by Crippen LogP contribution is 2.29. The molecule has 0 unspecified atom stereocenters. The normalized spacial score (nSPS) is 11.3. The zero-order chi connectivity index (χ0) is 18.0. The van der Waals surface area contributed by atoms with Crippen LogP contribution >= 0.6 is 0 Å². The van der Waals surface area contributed by atoms with Gasteiger partial charge in [0.2, 0.25) is 0 Å². The maximum atomic E-state index is 12.6. The minimum Gasteiger partial charge on any atom is -0.495 e. The molecule has 3 aromatic rings. The standard InChI is InChI=1S/C18H18N2O4S/c1-12-18(13(2)24-19-12)14-8-10-15(11-9-14)25(21,22)20-16-6-4-5-7-17(16)23-3/h4-11,20H,1-3H3. The van der Waals surface area contributed by atoms with Gasteiger partial charge in [-0.1, -0.05) is 29.4 Å². The van der Waals surface area contributed by atoms with Crippen LogP contribution in [0.5, 0.6) is 5.75 Å². The van der Waals surface area contributed by atoms with Gasteiger partial charge in [-0.25, -0.2) is 8.42 Å². The van der Waals surface area contributed by atoms with Crippen molar-refractivity contribution in [2.45, 2.75) is 18.7 Å². The maximum Gasteiger partial charge on any atom is 0.262 e. The fraction of sp³-hybridized carbons (Fsp3) is 0.167. The number of hydrogen-bond acceptors (Lipinski definition) is 5. The molecular weight excluding hydrogens is 340 g/mol. The summed E-state index contributed by atoms with van der Waals surface area (Å²) in [5, 5.41) is 3.92. The zero-order valence-corrected chi connectivity index (χ0v) is 14.9. The van der Waals surface area contributed by atoms with Gasteiger partial charge in [0.15, 0.2) is 0 Å². The highest BCUT2D eigenvalue weighted by atomic mass is 32.2. The van der Waals surface area contributed by atoms with E-state index in [9.17, 15) is 8.42 Å². The van der Waals surface area contributed by atoms with Crippen LogP contribution in [-0.4, -0.2) is 20.7 Å². The molecule has 0 fully saturated rings. The van der Waals surface area contributed by atoms with Crippen molar-refractivity contribution in [2.24, 2.45) is 0 Å². The van der Waals surface area contributed by atoms with Crippen molar-refractivity contribution >= 4 is 15.7 Å². The largest absolute Gasteiger partial charge is 0.495 e. The summed E-state index contributed by atoms with van der Waals surface area (Å²) >= 11 is 0. The molecule has 1 aromatic heterocycles. The predicted molar refractivity (Wildman–Crippen MR) is 95.2 cm³/mol. The average molecular weight is 358 g/mol. The summed E-state index contributed by atoms with van der Waals surface area (Å²) < 4.78 is 38.1. The lowest BCUT2D eigenvalue weighted by Gasteiger charge is -2.12. The number of ether oxygens (including phenoxy) is 1. The summed E-state index contributed by atoms with van der Waals surface area (Å²) in [6.07, 6.45) is 0. The van der Waals surface area contributed by atoms with Crippen molar-refractivity contribution in [1.82, 2.24) is 5.16 Å². The van der Waals surface area contributed by atoms with Gasteiger partial charge >= 0.3 is 0 Å². The van der Waals surface area contributed by atoms with Crippen molar-refractivity contribution < 1.29 is 17.7 Å². The fourth-order valence-electron chi connectivity index (χ4n) is 2.63. The summed E-state index contributed by atoms with van der Waals surface area (Å²) in [6.45, 7) is 3.67. The van der Waals surface area contributed by atoms with E-state index in [-0.39, 0.29) is 4.90 Å². The van der Waals surface area contributed by atoms with E-state index in [2.05, 4.69) is 9.88 Å². The van der Waals surface area contributed by atoms with Crippen molar-refractivity contribution in [3.63, 3.8) is 0 Å².